The lowest BCUT2D eigenvalue weighted by Gasteiger charge is -2.41. The summed E-state index contributed by atoms with van der Waals surface area (Å²) in [5.41, 5.74) is -0.986. The van der Waals surface area contributed by atoms with Crippen molar-refractivity contribution >= 4 is 0 Å². The van der Waals surface area contributed by atoms with E-state index in [0.717, 1.165) is 38.9 Å². The highest BCUT2D eigenvalue weighted by molar-refractivity contribution is 4.93. The van der Waals surface area contributed by atoms with Crippen LogP contribution in [0.4, 0.5) is 4.39 Å². The van der Waals surface area contributed by atoms with Crippen LogP contribution in [-0.2, 0) is 0 Å². The number of nitrogens with one attached hydrogen (secondary N) is 2. The third-order valence-electron chi connectivity index (χ3n) is 3.83. The first-order valence-electron chi connectivity index (χ1n) is 5.80. The summed E-state index contributed by atoms with van der Waals surface area (Å²) in [6, 6.07) is 0. The molecule has 0 bridgehead atoms. The van der Waals surface area contributed by atoms with Crippen LogP contribution in [0.1, 0.15) is 26.2 Å². The Kier molecular flexibility index (Phi) is 3.07. The van der Waals surface area contributed by atoms with Gasteiger partial charge in [0.05, 0.1) is 0 Å². The highest BCUT2D eigenvalue weighted by atomic mass is 19.1. The lowest BCUT2D eigenvalue weighted by molar-refractivity contribution is 0.0228. The Bertz CT molecular complexity index is 188. The second-order valence-electron chi connectivity index (χ2n) is 4.94. The molecule has 2 saturated heterocycles. The van der Waals surface area contributed by atoms with Gasteiger partial charge in [-0.05, 0) is 57.7 Å². The summed E-state index contributed by atoms with van der Waals surface area (Å²) in [5.74, 6) is 0.888. The van der Waals surface area contributed by atoms with Crippen molar-refractivity contribution in [2.75, 3.05) is 26.2 Å². The SMILES string of the molecule is CC1(F)CNCCC1C1CCNCC1. The van der Waals surface area contributed by atoms with Crippen molar-refractivity contribution in [1.82, 2.24) is 10.6 Å². The van der Waals surface area contributed by atoms with Crippen LogP contribution in [0.3, 0.4) is 0 Å². The molecule has 2 atom stereocenters. The minimum absolute atomic E-state index is 0.283. The minimum atomic E-state index is -0.986. The van der Waals surface area contributed by atoms with Crippen LogP contribution in [0.15, 0.2) is 0 Å². The Hall–Kier alpha value is -0.150. The van der Waals surface area contributed by atoms with Crippen molar-refractivity contribution in [3.05, 3.63) is 0 Å². The molecule has 3 heteroatoms. The van der Waals surface area contributed by atoms with Crippen LogP contribution >= 0.6 is 0 Å². The molecule has 2 unspecified atom stereocenters. The van der Waals surface area contributed by atoms with Gasteiger partial charge in [-0.1, -0.05) is 0 Å². The van der Waals surface area contributed by atoms with E-state index < -0.39 is 5.67 Å². The van der Waals surface area contributed by atoms with Crippen molar-refractivity contribution in [3.63, 3.8) is 0 Å². The maximum atomic E-state index is 14.2. The van der Waals surface area contributed by atoms with E-state index in [-0.39, 0.29) is 5.92 Å². The van der Waals surface area contributed by atoms with Gasteiger partial charge in [0.15, 0.2) is 0 Å². The van der Waals surface area contributed by atoms with E-state index in [1.54, 1.807) is 6.92 Å². The van der Waals surface area contributed by atoms with Crippen molar-refractivity contribution in [2.45, 2.75) is 31.9 Å². The molecular formula is C11H21FN2. The molecule has 0 spiro atoms. The quantitative estimate of drug-likeness (QED) is 0.667. The fraction of sp³-hybridized carbons (Fsp3) is 1.00. The molecule has 0 aromatic carbocycles. The highest BCUT2D eigenvalue weighted by Crippen LogP contribution is 2.37. The molecule has 0 aliphatic carbocycles. The van der Waals surface area contributed by atoms with Crippen LogP contribution in [0.5, 0.6) is 0 Å². The third kappa shape index (κ3) is 2.09. The maximum absolute atomic E-state index is 14.2. The minimum Gasteiger partial charge on any atom is -0.317 e. The Morgan fingerprint density at radius 3 is 2.36 bits per heavy atom. The van der Waals surface area contributed by atoms with Crippen molar-refractivity contribution in [1.29, 1.82) is 0 Å². The smallest absolute Gasteiger partial charge is 0.123 e. The molecule has 2 fully saturated rings. The molecule has 14 heavy (non-hydrogen) atoms. The third-order valence-corrected chi connectivity index (χ3v) is 3.83. The lowest BCUT2D eigenvalue weighted by Crippen LogP contribution is -2.51. The zero-order chi connectivity index (χ0) is 10.0. The van der Waals surface area contributed by atoms with E-state index in [4.69, 9.17) is 0 Å². The maximum Gasteiger partial charge on any atom is 0.123 e. The summed E-state index contributed by atoms with van der Waals surface area (Å²) in [4.78, 5) is 0. The largest absolute Gasteiger partial charge is 0.317 e. The summed E-state index contributed by atoms with van der Waals surface area (Å²) in [7, 11) is 0. The summed E-state index contributed by atoms with van der Waals surface area (Å²) < 4.78 is 14.2. The van der Waals surface area contributed by atoms with Gasteiger partial charge in [0.1, 0.15) is 5.67 Å². The molecule has 2 heterocycles. The molecule has 0 radical (unpaired) electrons. The van der Waals surface area contributed by atoms with Gasteiger partial charge in [-0.25, -0.2) is 4.39 Å². The number of piperidine rings is 2. The molecule has 0 amide bonds. The van der Waals surface area contributed by atoms with Crippen LogP contribution in [0.2, 0.25) is 0 Å². The van der Waals surface area contributed by atoms with Gasteiger partial charge >= 0.3 is 0 Å². The van der Waals surface area contributed by atoms with E-state index in [0.29, 0.717) is 12.5 Å². The molecule has 2 rings (SSSR count). The normalized spacial score (nSPS) is 41.1. The van der Waals surface area contributed by atoms with Gasteiger partial charge in [-0.15, -0.1) is 0 Å². The summed E-state index contributed by atoms with van der Waals surface area (Å²) in [5, 5.41) is 6.50. The zero-order valence-corrected chi connectivity index (χ0v) is 8.98. The molecule has 0 saturated carbocycles. The van der Waals surface area contributed by atoms with Crippen LogP contribution in [0.25, 0.3) is 0 Å². The second-order valence-corrected chi connectivity index (χ2v) is 4.94. The number of hydrogen-bond acceptors (Lipinski definition) is 2. The number of hydrogen-bond donors (Lipinski definition) is 2. The van der Waals surface area contributed by atoms with Crippen LogP contribution in [-0.4, -0.2) is 31.8 Å². The predicted octanol–water partition coefficient (Wildman–Crippen LogP) is 1.32. The summed E-state index contributed by atoms with van der Waals surface area (Å²) in [6.07, 6.45) is 3.33. The lowest BCUT2D eigenvalue weighted by atomic mass is 9.72. The Labute approximate surface area is 85.6 Å². The fourth-order valence-electron chi connectivity index (χ4n) is 3.00. The standard InChI is InChI=1S/C11H21FN2/c1-11(12)8-14-7-4-10(11)9-2-5-13-6-3-9/h9-10,13-14H,2-8H2,1H3. The second kappa shape index (κ2) is 4.15. The Morgan fingerprint density at radius 1 is 1.07 bits per heavy atom. The van der Waals surface area contributed by atoms with E-state index in [1.165, 1.54) is 0 Å². The van der Waals surface area contributed by atoms with E-state index >= 15 is 0 Å². The van der Waals surface area contributed by atoms with E-state index in [1.807, 2.05) is 0 Å². The molecular weight excluding hydrogens is 179 g/mol. The molecule has 2 N–H and O–H groups in total. The Balaban J connectivity index is 1.99. The van der Waals surface area contributed by atoms with Crippen LogP contribution < -0.4 is 10.6 Å². The first kappa shape index (κ1) is 10.4. The number of rotatable bonds is 1. The van der Waals surface area contributed by atoms with Crippen molar-refractivity contribution < 1.29 is 4.39 Å². The van der Waals surface area contributed by atoms with Crippen LogP contribution in [0, 0.1) is 11.8 Å². The topological polar surface area (TPSA) is 24.1 Å². The highest BCUT2D eigenvalue weighted by Gasteiger charge is 2.41. The summed E-state index contributed by atoms with van der Waals surface area (Å²) >= 11 is 0. The number of halogens is 1. The number of alkyl halides is 1. The van der Waals surface area contributed by atoms with Crippen molar-refractivity contribution in [3.8, 4) is 0 Å². The van der Waals surface area contributed by atoms with Gasteiger partial charge in [0, 0.05) is 6.54 Å². The monoisotopic (exact) mass is 200 g/mol. The van der Waals surface area contributed by atoms with Gasteiger partial charge in [-0.2, -0.15) is 0 Å². The fourth-order valence-corrected chi connectivity index (χ4v) is 3.00. The van der Waals surface area contributed by atoms with E-state index in [2.05, 4.69) is 10.6 Å². The van der Waals surface area contributed by atoms with Gasteiger partial charge < -0.3 is 10.6 Å². The van der Waals surface area contributed by atoms with Crippen molar-refractivity contribution in [2.24, 2.45) is 11.8 Å². The van der Waals surface area contributed by atoms with E-state index in [9.17, 15) is 4.39 Å². The molecule has 0 aromatic heterocycles. The first-order chi connectivity index (χ1) is 6.70. The van der Waals surface area contributed by atoms with Gasteiger partial charge in [-0.3, -0.25) is 0 Å². The predicted molar refractivity (Wildman–Crippen MR) is 56.1 cm³/mol. The first-order valence-corrected chi connectivity index (χ1v) is 5.80. The molecule has 0 aromatic rings. The van der Waals surface area contributed by atoms with Gasteiger partial charge in [0.2, 0.25) is 0 Å². The average molecular weight is 200 g/mol. The average Bonchev–Trinajstić information content (AvgIpc) is 2.18. The summed E-state index contributed by atoms with van der Waals surface area (Å²) in [6.45, 7) is 5.46. The molecule has 2 aliphatic rings. The molecule has 82 valence electrons. The molecule has 2 aliphatic heterocycles. The Morgan fingerprint density at radius 2 is 1.71 bits per heavy atom. The zero-order valence-electron chi connectivity index (χ0n) is 8.98. The molecule has 2 nitrogen and oxygen atoms in total. The van der Waals surface area contributed by atoms with Gasteiger partial charge in [0.25, 0.3) is 0 Å².